The average molecular weight is 308 g/mol. The molecule has 0 radical (unpaired) electrons. The van der Waals surface area contributed by atoms with Crippen molar-refractivity contribution in [3.8, 4) is 0 Å². The first-order valence-electron chi connectivity index (χ1n) is 6.65. The molecule has 0 saturated heterocycles. The second-order valence-electron chi connectivity index (χ2n) is 4.90. The number of nitrogens with one attached hydrogen (secondary N) is 1. The fourth-order valence-electron chi connectivity index (χ4n) is 2.08. The van der Waals surface area contributed by atoms with Gasteiger partial charge in [-0.15, -0.1) is 0 Å². The van der Waals surface area contributed by atoms with Crippen LogP contribution in [-0.4, -0.2) is 22.6 Å². The second kappa shape index (κ2) is 6.63. The van der Waals surface area contributed by atoms with E-state index in [9.17, 15) is 4.79 Å². The SMILES string of the molecule is COC(=O)C(Nc1ccccc1Cl)c1cncn1C(C)C. The number of carbonyl (C=O) groups is 1. The lowest BCUT2D eigenvalue weighted by Crippen LogP contribution is -2.25. The van der Waals surface area contributed by atoms with Gasteiger partial charge in [0.05, 0.1) is 36.0 Å². The van der Waals surface area contributed by atoms with Crippen LogP contribution in [0.3, 0.4) is 0 Å². The van der Waals surface area contributed by atoms with Gasteiger partial charge in [0, 0.05) is 6.04 Å². The maximum Gasteiger partial charge on any atom is 0.334 e. The number of hydrogen-bond acceptors (Lipinski definition) is 4. The van der Waals surface area contributed by atoms with E-state index in [1.807, 2.05) is 36.6 Å². The summed E-state index contributed by atoms with van der Waals surface area (Å²) in [5, 5.41) is 3.67. The van der Waals surface area contributed by atoms with Gasteiger partial charge in [-0.1, -0.05) is 23.7 Å². The van der Waals surface area contributed by atoms with Gasteiger partial charge in [-0.2, -0.15) is 0 Å². The van der Waals surface area contributed by atoms with Crippen LogP contribution in [0.25, 0.3) is 0 Å². The predicted molar refractivity (Wildman–Crippen MR) is 82.4 cm³/mol. The number of aromatic nitrogens is 2. The van der Waals surface area contributed by atoms with Crippen molar-refractivity contribution < 1.29 is 9.53 Å². The van der Waals surface area contributed by atoms with E-state index in [1.165, 1.54) is 7.11 Å². The third kappa shape index (κ3) is 3.36. The summed E-state index contributed by atoms with van der Waals surface area (Å²) >= 11 is 6.14. The number of carbonyl (C=O) groups excluding carboxylic acids is 1. The zero-order chi connectivity index (χ0) is 15.4. The van der Waals surface area contributed by atoms with Crippen LogP contribution in [0.15, 0.2) is 36.8 Å². The van der Waals surface area contributed by atoms with Crippen molar-refractivity contribution >= 4 is 23.3 Å². The number of ether oxygens (including phenoxy) is 1. The van der Waals surface area contributed by atoms with Crippen molar-refractivity contribution in [3.63, 3.8) is 0 Å². The summed E-state index contributed by atoms with van der Waals surface area (Å²) in [6.07, 6.45) is 3.36. The van der Waals surface area contributed by atoms with Crippen LogP contribution in [0.5, 0.6) is 0 Å². The van der Waals surface area contributed by atoms with E-state index >= 15 is 0 Å². The van der Waals surface area contributed by atoms with Crippen molar-refractivity contribution in [1.29, 1.82) is 0 Å². The number of rotatable bonds is 5. The molecule has 1 unspecified atom stereocenters. The fourth-order valence-corrected chi connectivity index (χ4v) is 2.27. The molecule has 2 rings (SSSR count). The third-order valence-corrected chi connectivity index (χ3v) is 3.49. The number of anilines is 1. The molecule has 6 heteroatoms. The number of methoxy groups -OCH3 is 1. The minimum atomic E-state index is -0.667. The Morgan fingerprint density at radius 3 is 2.71 bits per heavy atom. The minimum absolute atomic E-state index is 0.183. The number of nitrogens with zero attached hydrogens (tertiary/aromatic N) is 2. The Hall–Kier alpha value is -2.01. The van der Waals surface area contributed by atoms with Crippen molar-refractivity contribution in [2.75, 3.05) is 12.4 Å². The number of esters is 1. The van der Waals surface area contributed by atoms with Gasteiger partial charge in [-0.3, -0.25) is 0 Å². The highest BCUT2D eigenvalue weighted by molar-refractivity contribution is 6.33. The molecule has 0 spiro atoms. The lowest BCUT2D eigenvalue weighted by atomic mass is 10.2. The second-order valence-corrected chi connectivity index (χ2v) is 5.31. The quantitative estimate of drug-likeness (QED) is 0.860. The first-order valence-corrected chi connectivity index (χ1v) is 7.03. The monoisotopic (exact) mass is 307 g/mol. The summed E-state index contributed by atoms with van der Waals surface area (Å²) in [5.41, 5.74) is 1.41. The Kier molecular flexibility index (Phi) is 4.85. The molecule has 1 aromatic heterocycles. The van der Waals surface area contributed by atoms with Gasteiger partial charge in [0.15, 0.2) is 6.04 Å². The number of para-hydroxylation sites is 1. The van der Waals surface area contributed by atoms with Crippen LogP contribution in [-0.2, 0) is 9.53 Å². The molecular weight excluding hydrogens is 290 g/mol. The number of benzene rings is 1. The van der Waals surface area contributed by atoms with Crippen molar-refractivity contribution in [2.45, 2.75) is 25.9 Å². The Morgan fingerprint density at radius 2 is 2.10 bits per heavy atom. The predicted octanol–water partition coefficient (Wildman–Crippen LogP) is 3.44. The van der Waals surface area contributed by atoms with Gasteiger partial charge in [-0.25, -0.2) is 9.78 Å². The number of hydrogen-bond donors (Lipinski definition) is 1. The lowest BCUT2D eigenvalue weighted by molar-refractivity contribution is -0.141. The molecule has 112 valence electrons. The van der Waals surface area contributed by atoms with Crippen LogP contribution in [0.4, 0.5) is 5.69 Å². The van der Waals surface area contributed by atoms with Crippen LogP contribution >= 0.6 is 11.6 Å². The smallest absolute Gasteiger partial charge is 0.334 e. The van der Waals surface area contributed by atoms with Gasteiger partial charge in [0.1, 0.15) is 0 Å². The minimum Gasteiger partial charge on any atom is -0.467 e. The summed E-state index contributed by atoms with van der Waals surface area (Å²) in [7, 11) is 1.36. The first kappa shape index (κ1) is 15.4. The molecule has 0 fully saturated rings. The van der Waals surface area contributed by atoms with Crippen LogP contribution in [0.2, 0.25) is 5.02 Å². The summed E-state index contributed by atoms with van der Waals surface area (Å²) in [6.45, 7) is 4.05. The Morgan fingerprint density at radius 1 is 1.38 bits per heavy atom. The van der Waals surface area contributed by atoms with E-state index in [0.29, 0.717) is 10.7 Å². The molecule has 0 aliphatic carbocycles. The van der Waals surface area contributed by atoms with E-state index in [0.717, 1.165) is 5.69 Å². The molecule has 0 saturated carbocycles. The highest BCUT2D eigenvalue weighted by atomic mass is 35.5. The Bertz CT molecular complexity index is 625. The summed E-state index contributed by atoms with van der Waals surface area (Å²) in [4.78, 5) is 16.3. The molecule has 2 aromatic rings. The first-order chi connectivity index (χ1) is 10.0. The van der Waals surface area contributed by atoms with Crippen LogP contribution in [0.1, 0.15) is 31.6 Å². The Balaban J connectivity index is 2.38. The van der Waals surface area contributed by atoms with E-state index in [2.05, 4.69) is 10.3 Å². The molecule has 0 amide bonds. The third-order valence-electron chi connectivity index (χ3n) is 3.16. The molecule has 1 atom stereocenters. The summed E-state index contributed by atoms with van der Waals surface area (Å²) in [5.74, 6) is -0.391. The average Bonchev–Trinajstić information content (AvgIpc) is 2.95. The van der Waals surface area contributed by atoms with Crippen LogP contribution in [0, 0.1) is 0 Å². The molecule has 21 heavy (non-hydrogen) atoms. The van der Waals surface area contributed by atoms with Crippen molar-refractivity contribution in [3.05, 3.63) is 47.5 Å². The molecule has 1 heterocycles. The molecule has 5 nitrogen and oxygen atoms in total. The molecule has 1 aromatic carbocycles. The van der Waals surface area contributed by atoms with E-state index in [4.69, 9.17) is 16.3 Å². The van der Waals surface area contributed by atoms with Gasteiger partial charge < -0.3 is 14.6 Å². The topological polar surface area (TPSA) is 56.1 Å². The van der Waals surface area contributed by atoms with Crippen molar-refractivity contribution in [2.24, 2.45) is 0 Å². The molecule has 0 aliphatic heterocycles. The van der Waals surface area contributed by atoms with E-state index in [1.54, 1.807) is 18.6 Å². The standard InChI is InChI=1S/C15H18ClN3O2/c1-10(2)19-9-17-8-13(19)14(15(20)21-3)18-12-7-5-4-6-11(12)16/h4-10,14,18H,1-3H3. The highest BCUT2D eigenvalue weighted by Crippen LogP contribution is 2.27. The highest BCUT2D eigenvalue weighted by Gasteiger charge is 2.26. The summed E-state index contributed by atoms with van der Waals surface area (Å²) in [6, 6.07) is 6.77. The molecule has 1 N–H and O–H groups in total. The van der Waals surface area contributed by atoms with Crippen molar-refractivity contribution in [1.82, 2.24) is 9.55 Å². The van der Waals surface area contributed by atoms with Gasteiger partial charge >= 0.3 is 5.97 Å². The summed E-state index contributed by atoms with van der Waals surface area (Å²) < 4.78 is 6.82. The molecule has 0 aliphatic rings. The molecular formula is C15H18ClN3O2. The zero-order valence-electron chi connectivity index (χ0n) is 12.2. The molecule has 0 bridgehead atoms. The normalized spacial score (nSPS) is 12.2. The lowest BCUT2D eigenvalue weighted by Gasteiger charge is -2.21. The number of imidazole rings is 1. The largest absolute Gasteiger partial charge is 0.467 e. The van der Waals surface area contributed by atoms with E-state index in [-0.39, 0.29) is 6.04 Å². The Labute approximate surface area is 128 Å². The van der Waals surface area contributed by atoms with Gasteiger partial charge in [0.25, 0.3) is 0 Å². The fraction of sp³-hybridized carbons (Fsp3) is 0.333. The van der Waals surface area contributed by atoms with Gasteiger partial charge in [-0.05, 0) is 26.0 Å². The maximum atomic E-state index is 12.1. The zero-order valence-corrected chi connectivity index (χ0v) is 13.0. The number of halogens is 1. The van der Waals surface area contributed by atoms with Gasteiger partial charge in [0.2, 0.25) is 0 Å². The van der Waals surface area contributed by atoms with E-state index < -0.39 is 12.0 Å². The maximum absolute atomic E-state index is 12.1. The van der Waals surface area contributed by atoms with Crippen LogP contribution < -0.4 is 5.32 Å².